The van der Waals surface area contributed by atoms with E-state index in [1.807, 2.05) is 360 Å². The number of carbonyl (C=O) groups excluding carboxylic acids is 7. The van der Waals surface area contributed by atoms with Gasteiger partial charge in [-0.15, -0.1) is 0 Å². The van der Waals surface area contributed by atoms with Crippen molar-refractivity contribution >= 4 is 144 Å². The maximum atomic E-state index is 15.3. The number of amides is 7. The van der Waals surface area contributed by atoms with Gasteiger partial charge in [-0.2, -0.15) is 0 Å². The normalized spacial score (nSPS) is 20.0. The Labute approximate surface area is 804 Å². The highest BCUT2D eigenvalue weighted by molar-refractivity contribution is 7.70. The summed E-state index contributed by atoms with van der Waals surface area (Å²) in [6.45, 7) is 11.1. The van der Waals surface area contributed by atoms with Crippen LogP contribution in [-0.4, -0.2) is 135 Å². The predicted molar refractivity (Wildman–Crippen MR) is 551 cm³/mol. The summed E-state index contributed by atoms with van der Waals surface area (Å²) in [5, 5.41) is 1.77. The molecule has 0 saturated carbocycles. The van der Waals surface area contributed by atoms with Gasteiger partial charge in [0.25, 0.3) is 29.8 Å². The summed E-state index contributed by atoms with van der Waals surface area (Å²) in [7, 11) is -11.0. The van der Waals surface area contributed by atoms with E-state index >= 15 is 18.3 Å². The molecule has 13 aromatic rings. The topological polar surface area (TPSA) is 245 Å². The standard InChI is InChI=1S/C29H26N3O3P.C28H30N3O5P.C27H28N3O2P.C25H24N3O3P/c33-28-21-27(29(34)32(28)26-18-9-12-22-11-7-8-17-25(22)26)36(35)30(23-13-3-1-4-14-23)19-10-20-31(36)24-15-5-2-6-16-24;1-20-17-23(18-24(35-2)27(20)36-3)31-26(32)19-25(28(31)33)37(34)29(21-11-6-4-7-12-21)15-10-16-30(37)22-13-8-5-9-14-22;1-22-20-26(27(31)28(22)21-23-12-5-2-6-13-23)33(32)29(24-14-7-3-8-15-24)18-11-19-30(33)25-16-9-4-10-17-25;29-24-19-23(25(30)28(24)22-15-8-3-9-16-22)32(31)26(20-11-4-1-5-12-20)17-10-18-27(32)21-13-6-2-7-14-21/h1-9,11-18,27H,10,19-21H2;4-9,11-14,17-18,25H,10,15-16,19H2,1-3H3;2-10,12-17,26H,1,11,18-21H2;1-9,11-16,23H,10,17-19H2. The molecule has 0 radical (unpaired) electrons. The Morgan fingerprint density at radius 2 is 0.558 bits per heavy atom. The lowest BCUT2D eigenvalue weighted by molar-refractivity contribution is -0.127. The molecule has 8 fully saturated rings. The zero-order valence-electron chi connectivity index (χ0n) is 77.1. The van der Waals surface area contributed by atoms with E-state index in [1.54, 1.807) is 47.4 Å². The molecule has 8 heterocycles. The molecule has 0 spiro atoms. The average molecular weight is 1920 g/mol. The molecule has 0 aromatic heterocycles. The zero-order valence-corrected chi connectivity index (χ0v) is 80.6. The molecule has 0 aliphatic carbocycles. The van der Waals surface area contributed by atoms with Crippen molar-refractivity contribution in [2.45, 2.75) is 87.5 Å². The molecule has 4 atom stereocenters. The van der Waals surface area contributed by atoms with Crippen LogP contribution < -0.4 is 61.5 Å². The summed E-state index contributed by atoms with van der Waals surface area (Å²) in [6.07, 6.45) is 3.31. The van der Waals surface area contributed by atoms with Crippen molar-refractivity contribution in [1.82, 2.24) is 4.90 Å². The first-order valence-corrected chi connectivity index (χ1v) is 53.3. The summed E-state index contributed by atoms with van der Waals surface area (Å²) in [5.41, 5.74) is 6.88. The van der Waals surface area contributed by atoms with E-state index in [4.69, 9.17) is 9.47 Å². The lowest BCUT2D eigenvalue weighted by atomic mass is 10.1. The van der Waals surface area contributed by atoms with E-state index in [0.29, 0.717) is 93.9 Å². The fraction of sp³-hybridized carbons (Fsp3) is 0.220. The first-order chi connectivity index (χ1) is 67.2. The van der Waals surface area contributed by atoms with Crippen LogP contribution in [0.25, 0.3) is 10.8 Å². The van der Waals surface area contributed by atoms with Gasteiger partial charge in [0.05, 0.1) is 37.8 Å². The first kappa shape index (κ1) is 94.0. The van der Waals surface area contributed by atoms with E-state index in [1.165, 1.54) is 24.0 Å². The van der Waals surface area contributed by atoms with Crippen LogP contribution in [0.3, 0.4) is 0 Å². The van der Waals surface area contributed by atoms with E-state index in [0.717, 1.165) is 104 Å². The lowest BCUT2D eigenvalue weighted by Crippen LogP contribution is -2.46. The summed E-state index contributed by atoms with van der Waals surface area (Å²) in [5.74, 6) is -1.42. The second-order valence-electron chi connectivity index (χ2n) is 34.8. The number of methoxy groups -OCH3 is 2. The van der Waals surface area contributed by atoms with Crippen LogP contribution in [-0.2, 0) is 58.4 Å². The molecule has 8 aliphatic rings. The highest BCUT2D eigenvalue weighted by atomic mass is 31.2. The van der Waals surface area contributed by atoms with Crippen molar-refractivity contribution < 1.29 is 61.3 Å². The third-order valence-electron chi connectivity index (χ3n) is 26.6. The Morgan fingerprint density at radius 1 is 0.290 bits per heavy atom. The number of allylic oxidation sites excluding steroid dienone is 1. The number of likely N-dealkylation sites (tertiary alicyclic amines) is 1. The lowest BCUT2D eigenvalue weighted by Gasteiger charge is -2.47. The molecule has 21 rings (SSSR count). The summed E-state index contributed by atoms with van der Waals surface area (Å²) in [6, 6.07) is 112. The van der Waals surface area contributed by atoms with E-state index < -0.39 is 70.1 Å². The minimum atomic E-state index is -3.62. The minimum absolute atomic E-state index is 0.0718. The van der Waals surface area contributed by atoms with Gasteiger partial charge >= 0.3 is 0 Å². The first-order valence-electron chi connectivity index (χ1n) is 46.6. The van der Waals surface area contributed by atoms with Crippen molar-refractivity contribution in [2.75, 3.05) is 119 Å². The number of carbonyl (C=O) groups is 7. The van der Waals surface area contributed by atoms with Gasteiger partial charge in [0.1, 0.15) is 22.6 Å². The fourth-order valence-corrected chi connectivity index (χ4v) is 34.4. The van der Waals surface area contributed by atoms with Crippen molar-refractivity contribution in [2.24, 2.45) is 0 Å². The highest BCUT2D eigenvalue weighted by Gasteiger charge is 2.61. The number of hydrogen-bond donors (Lipinski definition) is 0. The van der Waals surface area contributed by atoms with Crippen LogP contribution in [0, 0.1) is 6.92 Å². The van der Waals surface area contributed by atoms with E-state index in [2.05, 4.69) is 6.58 Å². The molecule has 702 valence electrons. The number of ether oxygens (including phenoxy) is 2. The number of para-hydroxylation sites is 9. The average Bonchev–Trinajstić information content (AvgIpc) is 1.35. The molecule has 8 saturated heterocycles. The van der Waals surface area contributed by atoms with Gasteiger partial charge in [-0.3, -0.25) is 51.8 Å². The molecule has 138 heavy (non-hydrogen) atoms. The number of hydrogen-bond acceptors (Lipinski definition) is 13. The quantitative estimate of drug-likeness (QED) is 0.0539. The molecule has 13 aromatic carbocycles. The van der Waals surface area contributed by atoms with Crippen LogP contribution >= 0.6 is 29.8 Å². The summed E-state index contributed by atoms with van der Waals surface area (Å²) in [4.78, 5) is 101. The third kappa shape index (κ3) is 17.9. The molecule has 4 unspecified atom stereocenters. The highest BCUT2D eigenvalue weighted by Crippen LogP contribution is 2.70. The maximum absolute atomic E-state index is 15.3. The smallest absolute Gasteiger partial charge is 0.275 e. The summed E-state index contributed by atoms with van der Waals surface area (Å²) >= 11 is 0. The minimum Gasteiger partial charge on any atom is -0.493 e. The number of aryl methyl sites for hydroxylation is 1. The molecule has 8 aliphatic heterocycles. The Bertz CT molecular complexity index is 6630. The number of rotatable bonds is 19. The molecule has 0 N–H and O–H groups in total. The predicted octanol–water partition coefficient (Wildman–Crippen LogP) is 22.2. The van der Waals surface area contributed by atoms with Gasteiger partial charge in [-0.05, 0) is 170 Å². The van der Waals surface area contributed by atoms with Gasteiger partial charge in [0, 0.05) is 141 Å². The number of fused-ring (bicyclic) bond motifs is 1. The monoisotopic (exact) mass is 1920 g/mol. The second kappa shape index (κ2) is 40.9. The third-order valence-corrected chi connectivity index (χ3v) is 40.5. The molecule has 29 heteroatoms. The van der Waals surface area contributed by atoms with Crippen LogP contribution in [0.1, 0.15) is 62.5 Å². The Kier molecular flexibility index (Phi) is 27.9. The van der Waals surface area contributed by atoms with Crippen LogP contribution in [0.4, 0.5) is 62.6 Å². The molecular formula is C109H108N12O13P4. The van der Waals surface area contributed by atoms with Gasteiger partial charge in [0.2, 0.25) is 41.4 Å². The Balaban J connectivity index is 0.000000122. The van der Waals surface area contributed by atoms with Crippen molar-refractivity contribution in [3.63, 3.8) is 0 Å². The van der Waals surface area contributed by atoms with Crippen LogP contribution in [0.15, 0.2) is 370 Å². The zero-order chi connectivity index (χ0) is 95.8. The van der Waals surface area contributed by atoms with Gasteiger partial charge < -0.3 is 51.7 Å². The Hall–Kier alpha value is -14.3. The van der Waals surface area contributed by atoms with E-state index in [-0.39, 0.29) is 42.9 Å². The van der Waals surface area contributed by atoms with Gasteiger partial charge in [-0.25, -0.2) is 14.7 Å². The number of nitrogens with zero attached hydrogens (tertiary/aromatic N) is 12. The molecule has 7 amide bonds. The summed E-state index contributed by atoms with van der Waals surface area (Å²) < 4.78 is 87.0. The van der Waals surface area contributed by atoms with Crippen molar-refractivity contribution in [3.8, 4) is 11.5 Å². The van der Waals surface area contributed by atoms with E-state index in [9.17, 15) is 33.6 Å². The van der Waals surface area contributed by atoms with Crippen LogP contribution in [0.5, 0.6) is 11.5 Å². The molecular weight excluding hydrogens is 1810 g/mol. The number of imide groups is 3. The second-order valence-corrected chi connectivity index (χ2v) is 45.9. The Morgan fingerprint density at radius 3 is 0.877 bits per heavy atom. The molecule has 0 bridgehead atoms. The largest absolute Gasteiger partial charge is 0.493 e. The molecule has 25 nitrogen and oxygen atoms in total. The number of benzene rings is 13. The van der Waals surface area contributed by atoms with Gasteiger partial charge in [-0.1, -0.05) is 237 Å². The SMILES string of the molecule is C=C1CC(P2(=O)N(c3ccccc3)CCCN2c2ccccc2)C(=O)N1Cc1ccccc1.COc1cc(N2C(=O)CC(P3(=O)N(c4ccccc4)CCCN3c3ccccc3)C2=O)cc(C)c1OC.O=C1CC(P2(=O)N(c3ccccc3)CCCN2c2ccccc2)C(=O)N1c1cccc2ccccc12.O=C1CC(P2(=O)N(c3ccccc3)CCCN2c2ccccc2)C(=O)N1c1ccccc1. The maximum Gasteiger partial charge on any atom is 0.275 e. The van der Waals surface area contributed by atoms with Crippen molar-refractivity contribution in [1.29, 1.82) is 0 Å². The van der Waals surface area contributed by atoms with Crippen LogP contribution in [0.2, 0.25) is 0 Å². The van der Waals surface area contributed by atoms with Gasteiger partial charge in [0.15, 0.2) is 11.5 Å². The van der Waals surface area contributed by atoms with Crippen molar-refractivity contribution in [3.05, 3.63) is 381 Å². The number of anilines is 11. The fourth-order valence-electron chi connectivity index (χ4n) is 20.3.